The number of benzene rings is 1. The Morgan fingerprint density at radius 2 is 2.00 bits per heavy atom. The van der Waals surface area contributed by atoms with E-state index in [4.69, 9.17) is 4.74 Å². The Bertz CT molecular complexity index is 509. The molecule has 0 bridgehead atoms. The Hall–Kier alpha value is -1.47. The largest absolute Gasteiger partial charge is 0.416 e. The van der Waals surface area contributed by atoms with Crippen LogP contribution in [0.2, 0.25) is 0 Å². The van der Waals surface area contributed by atoms with Crippen LogP contribution in [0.5, 0.6) is 0 Å². The summed E-state index contributed by atoms with van der Waals surface area (Å²) in [5.41, 5.74) is 0.776. The molecule has 2 N–H and O–H groups in total. The highest BCUT2D eigenvalue weighted by molar-refractivity contribution is 5.72. The number of rotatable bonds is 3. The third-order valence-corrected chi connectivity index (χ3v) is 4.10. The van der Waals surface area contributed by atoms with Gasteiger partial charge in [-0.2, -0.15) is 13.2 Å². The first-order valence-electron chi connectivity index (χ1n) is 7.55. The molecule has 0 spiro atoms. The number of anilines is 2. The number of halogens is 3. The first-order valence-corrected chi connectivity index (χ1v) is 7.55. The van der Waals surface area contributed by atoms with Gasteiger partial charge in [-0.1, -0.05) is 0 Å². The lowest BCUT2D eigenvalue weighted by Crippen LogP contribution is -2.37. The van der Waals surface area contributed by atoms with E-state index in [1.807, 2.05) is 4.90 Å². The highest BCUT2D eigenvalue weighted by Crippen LogP contribution is 2.36. The summed E-state index contributed by atoms with van der Waals surface area (Å²) in [7, 11) is 0. The Morgan fingerprint density at radius 3 is 2.64 bits per heavy atom. The average molecular weight is 315 g/mol. The maximum atomic E-state index is 13.0. The zero-order chi connectivity index (χ0) is 15.6. The third kappa shape index (κ3) is 3.47. The van der Waals surface area contributed by atoms with Gasteiger partial charge < -0.3 is 20.3 Å². The minimum absolute atomic E-state index is 0.261. The summed E-state index contributed by atoms with van der Waals surface area (Å²) >= 11 is 0. The van der Waals surface area contributed by atoms with Crippen LogP contribution in [-0.2, 0) is 10.9 Å². The molecule has 1 atom stereocenters. The number of ether oxygens (including phenoxy) is 1. The van der Waals surface area contributed by atoms with Crippen molar-refractivity contribution >= 4 is 11.4 Å². The third-order valence-electron chi connectivity index (χ3n) is 4.10. The molecule has 2 aliphatic rings. The molecule has 0 aromatic heterocycles. The van der Waals surface area contributed by atoms with Crippen molar-refractivity contribution in [1.29, 1.82) is 0 Å². The van der Waals surface area contributed by atoms with E-state index in [1.54, 1.807) is 6.07 Å². The fourth-order valence-electron chi connectivity index (χ4n) is 2.89. The van der Waals surface area contributed by atoms with Crippen LogP contribution in [0.15, 0.2) is 18.2 Å². The van der Waals surface area contributed by atoms with Gasteiger partial charge in [-0.25, -0.2) is 0 Å². The standard InChI is InChI=1S/C15H20F3N3O/c16-15(17,18)11-1-2-13(20-12-3-4-19-10-12)14(9-11)21-5-7-22-8-6-21/h1-2,9,12,19-20H,3-8,10H2/t12-/m1/s1. The average Bonchev–Trinajstić information content (AvgIpc) is 3.00. The van der Waals surface area contributed by atoms with Crippen molar-refractivity contribution in [3.63, 3.8) is 0 Å². The van der Waals surface area contributed by atoms with Crippen LogP contribution in [0.1, 0.15) is 12.0 Å². The SMILES string of the molecule is FC(F)(F)c1ccc(N[C@@H]2CCNC2)c(N2CCOCC2)c1. The number of hydrogen-bond donors (Lipinski definition) is 2. The molecular formula is C15H20F3N3O. The van der Waals surface area contributed by atoms with Gasteiger partial charge in [0, 0.05) is 25.7 Å². The Balaban J connectivity index is 1.89. The van der Waals surface area contributed by atoms with Gasteiger partial charge in [0.15, 0.2) is 0 Å². The van der Waals surface area contributed by atoms with Crippen LogP contribution in [0.3, 0.4) is 0 Å². The fourth-order valence-corrected chi connectivity index (χ4v) is 2.89. The van der Waals surface area contributed by atoms with Gasteiger partial charge >= 0.3 is 6.18 Å². The van der Waals surface area contributed by atoms with E-state index in [0.29, 0.717) is 32.0 Å². The summed E-state index contributed by atoms with van der Waals surface area (Å²) < 4.78 is 44.3. The number of nitrogens with zero attached hydrogens (tertiary/aromatic N) is 1. The smallest absolute Gasteiger partial charge is 0.379 e. The van der Waals surface area contributed by atoms with Crippen molar-refractivity contribution in [1.82, 2.24) is 5.32 Å². The van der Waals surface area contributed by atoms with Gasteiger partial charge in [-0.15, -0.1) is 0 Å². The van der Waals surface area contributed by atoms with Crippen LogP contribution < -0.4 is 15.5 Å². The van der Waals surface area contributed by atoms with Gasteiger partial charge in [0.05, 0.1) is 30.2 Å². The minimum Gasteiger partial charge on any atom is -0.379 e. The molecule has 2 heterocycles. The van der Waals surface area contributed by atoms with Crippen molar-refractivity contribution in [2.75, 3.05) is 49.6 Å². The first-order chi connectivity index (χ1) is 10.5. The van der Waals surface area contributed by atoms with Crippen LogP contribution in [-0.4, -0.2) is 45.4 Å². The number of hydrogen-bond acceptors (Lipinski definition) is 4. The van der Waals surface area contributed by atoms with E-state index in [9.17, 15) is 13.2 Å². The van der Waals surface area contributed by atoms with Crippen molar-refractivity contribution in [3.05, 3.63) is 23.8 Å². The molecule has 2 fully saturated rings. The highest BCUT2D eigenvalue weighted by Gasteiger charge is 2.32. The molecule has 0 amide bonds. The maximum Gasteiger partial charge on any atom is 0.416 e. The normalized spacial score (nSPS) is 22.9. The summed E-state index contributed by atoms with van der Waals surface area (Å²) in [6.07, 6.45) is -3.35. The Labute approximate surface area is 127 Å². The van der Waals surface area contributed by atoms with Crippen molar-refractivity contribution in [3.8, 4) is 0 Å². The summed E-state index contributed by atoms with van der Waals surface area (Å²) in [5.74, 6) is 0. The van der Waals surface area contributed by atoms with Gasteiger partial charge in [0.1, 0.15) is 0 Å². The van der Waals surface area contributed by atoms with E-state index in [0.717, 1.165) is 31.3 Å². The Kier molecular flexibility index (Phi) is 4.44. The van der Waals surface area contributed by atoms with E-state index in [2.05, 4.69) is 10.6 Å². The number of nitrogens with one attached hydrogen (secondary N) is 2. The second-order valence-corrected chi connectivity index (χ2v) is 5.66. The van der Waals surface area contributed by atoms with Crippen LogP contribution >= 0.6 is 0 Å². The quantitative estimate of drug-likeness (QED) is 0.897. The zero-order valence-electron chi connectivity index (χ0n) is 12.2. The second-order valence-electron chi connectivity index (χ2n) is 5.66. The van der Waals surface area contributed by atoms with Gasteiger partial charge in [-0.05, 0) is 31.2 Å². The van der Waals surface area contributed by atoms with Crippen molar-refractivity contribution < 1.29 is 17.9 Å². The maximum absolute atomic E-state index is 13.0. The predicted octanol–water partition coefficient (Wildman–Crippen LogP) is 2.32. The van der Waals surface area contributed by atoms with Gasteiger partial charge in [-0.3, -0.25) is 0 Å². The van der Waals surface area contributed by atoms with Gasteiger partial charge in [0.2, 0.25) is 0 Å². The molecule has 22 heavy (non-hydrogen) atoms. The summed E-state index contributed by atoms with van der Waals surface area (Å²) in [6.45, 7) is 4.08. The molecule has 1 aromatic carbocycles. The molecule has 0 radical (unpaired) electrons. The number of alkyl halides is 3. The summed E-state index contributed by atoms with van der Waals surface area (Å²) in [5, 5.41) is 6.62. The van der Waals surface area contributed by atoms with E-state index < -0.39 is 11.7 Å². The molecule has 2 aliphatic heterocycles. The van der Waals surface area contributed by atoms with Crippen LogP contribution in [0.4, 0.5) is 24.5 Å². The molecule has 4 nitrogen and oxygen atoms in total. The van der Waals surface area contributed by atoms with E-state index in [1.165, 1.54) is 6.07 Å². The monoisotopic (exact) mass is 315 g/mol. The summed E-state index contributed by atoms with van der Waals surface area (Å²) in [4.78, 5) is 1.96. The van der Waals surface area contributed by atoms with Crippen LogP contribution in [0.25, 0.3) is 0 Å². The number of morpholine rings is 1. The predicted molar refractivity (Wildman–Crippen MR) is 79.4 cm³/mol. The van der Waals surface area contributed by atoms with Gasteiger partial charge in [0.25, 0.3) is 0 Å². The zero-order valence-corrected chi connectivity index (χ0v) is 12.2. The highest BCUT2D eigenvalue weighted by atomic mass is 19.4. The molecular weight excluding hydrogens is 295 g/mol. The molecule has 2 saturated heterocycles. The molecule has 1 aromatic rings. The molecule has 0 aliphatic carbocycles. The molecule has 7 heteroatoms. The lowest BCUT2D eigenvalue weighted by molar-refractivity contribution is -0.137. The van der Waals surface area contributed by atoms with Crippen molar-refractivity contribution in [2.24, 2.45) is 0 Å². The first kappa shape index (κ1) is 15.4. The Morgan fingerprint density at radius 1 is 1.23 bits per heavy atom. The summed E-state index contributed by atoms with van der Waals surface area (Å²) in [6, 6.07) is 4.20. The van der Waals surface area contributed by atoms with E-state index in [-0.39, 0.29) is 6.04 Å². The van der Waals surface area contributed by atoms with Crippen molar-refractivity contribution in [2.45, 2.75) is 18.6 Å². The molecule has 3 rings (SSSR count). The minimum atomic E-state index is -4.32. The second kappa shape index (κ2) is 6.34. The molecule has 0 unspecified atom stereocenters. The van der Waals surface area contributed by atoms with E-state index >= 15 is 0 Å². The molecule has 0 saturated carbocycles. The molecule has 122 valence electrons. The lowest BCUT2D eigenvalue weighted by Gasteiger charge is -2.32. The topological polar surface area (TPSA) is 36.5 Å². The van der Waals surface area contributed by atoms with Crippen LogP contribution in [0, 0.1) is 0 Å². The lowest BCUT2D eigenvalue weighted by atomic mass is 10.1. The fraction of sp³-hybridized carbons (Fsp3) is 0.600.